The van der Waals surface area contributed by atoms with Gasteiger partial charge in [-0.05, 0) is 13.0 Å². The Morgan fingerprint density at radius 1 is 1.69 bits per heavy atom. The van der Waals surface area contributed by atoms with Crippen molar-refractivity contribution in [1.29, 1.82) is 5.26 Å². The molecule has 0 radical (unpaired) electrons. The Morgan fingerprint density at radius 3 is 2.88 bits per heavy atom. The van der Waals surface area contributed by atoms with Crippen LogP contribution >= 0.6 is 0 Å². The molecule has 0 saturated carbocycles. The minimum Gasteiger partial charge on any atom is -0.461 e. The predicted octanol–water partition coefficient (Wildman–Crippen LogP) is 2.07. The molecule has 84 valence electrons. The van der Waals surface area contributed by atoms with Crippen molar-refractivity contribution in [2.24, 2.45) is 0 Å². The number of pyridine rings is 1. The minimum atomic E-state index is -2.73. The molecule has 0 atom stereocenters. The third kappa shape index (κ3) is 2.51. The SMILES string of the molecule is CCOC(=O)c1ncc(C(F)F)cc1C#N. The van der Waals surface area contributed by atoms with Crippen molar-refractivity contribution >= 4 is 5.97 Å². The molecule has 0 aliphatic rings. The second kappa shape index (κ2) is 5.16. The number of hydrogen-bond donors (Lipinski definition) is 0. The van der Waals surface area contributed by atoms with E-state index in [9.17, 15) is 13.6 Å². The van der Waals surface area contributed by atoms with Crippen molar-refractivity contribution in [2.75, 3.05) is 6.61 Å². The van der Waals surface area contributed by atoms with E-state index in [2.05, 4.69) is 9.72 Å². The molecule has 0 amide bonds. The quantitative estimate of drug-likeness (QED) is 0.740. The highest BCUT2D eigenvalue weighted by atomic mass is 19.3. The summed E-state index contributed by atoms with van der Waals surface area (Å²) in [5.74, 6) is -0.792. The first-order chi connectivity index (χ1) is 7.60. The van der Waals surface area contributed by atoms with Gasteiger partial charge in [0.25, 0.3) is 6.43 Å². The normalized spacial score (nSPS) is 9.94. The largest absolute Gasteiger partial charge is 0.461 e. The molecule has 0 aliphatic carbocycles. The van der Waals surface area contributed by atoms with E-state index in [1.165, 1.54) is 0 Å². The van der Waals surface area contributed by atoms with Gasteiger partial charge in [0, 0.05) is 11.8 Å². The van der Waals surface area contributed by atoms with E-state index >= 15 is 0 Å². The maximum Gasteiger partial charge on any atom is 0.358 e. The first-order valence-corrected chi connectivity index (χ1v) is 4.45. The maximum absolute atomic E-state index is 12.3. The number of nitrogens with zero attached hydrogens (tertiary/aromatic N) is 2. The minimum absolute atomic E-state index is 0.127. The van der Waals surface area contributed by atoms with Crippen LogP contribution in [0.25, 0.3) is 0 Å². The number of halogens is 2. The van der Waals surface area contributed by atoms with Gasteiger partial charge in [-0.2, -0.15) is 5.26 Å². The lowest BCUT2D eigenvalue weighted by Crippen LogP contribution is -2.10. The van der Waals surface area contributed by atoms with Gasteiger partial charge < -0.3 is 4.74 Å². The molecule has 0 bridgehead atoms. The average Bonchev–Trinajstić information content (AvgIpc) is 2.28. The Kier molecular flexibility index (Phi) is 3.89. The van der Waals surface area contributed by atoms with Crippen LogP contribution in [-0.2, 0) is 4.74 Å². The van der Waals surface area contributed by atoms with E-state index in [1.54, 1.807) is 13.0 Å². The zero-order valence-corrected chi connectivity index (χ0v) is 8.41. The Balaban J connectivity index is 3.13. The zero-order valence-electron chi connectivity index (χ0n) is 8.41. The van der Waals surface area contributed by atoms with Crippen LogP contribution in [0.5, 0.6) is 0 Å². The Bertz CT molecular complexity index is 441. The summed E-state index contributed by atoms with van der Waals surface area (Å²) in [5, 5.41) is 8.70. The molecule has 6 heteroatoms. The molecule has 0 fully saturated rings. The topological polar surface area (TPSA) is 63.0 Å². The fraction of sp³-hybridized carbons (Fsp3) is 0.300. The molecule has 16 heavy (non-hydrogen) atoms. The Labute approximate surface area is 90.5 Å². The lowest BCUT2D eigenvalue weighted by molar-refractivity contribution is 0.0518. The molecule has 1 rings (SSSR count). The number of rotatable bonds is 3. The second-order valence-corrected chi connectivity index (χ2v) is 2.80. The van der Waals surface area contributed by atoms with Crippen molar-refractivity contribution in [3.8, 4) is 6.07 Å². The first-order valence-electron chi connectivity index (χ1n) is 4.45. The molecular weight excluding hydrogens is 218 g/mol. The smallest absolute Gasteiger partial charge is 0.358 e. The van der Waals surface area contributed by atoms with Gasteiger partial charge in [-0.15, -0.1) is 0 Å². The van der Waals surface area contributed by atoms with Crippen LogP contribution in [-0.4, -0.2) is 17.6 Å². The number of nitriles is 1. The number of aromatic nitrogens is 1. The fourth-order valence-electron chi connectivity index (χ4n) is 1.05. The van der Waals surface area contributed by atoms with Gasteiger partial charge in [-0.1, -0.05) is 0 Å². The molecule has 0 aliphatic heterocycles. The monoisotopic (exact) mass is 226 g/mol. The number of esters is 1. The lowest BCUT2D eigenvalue weighted by atomic mass is 10.1. The van der Waals surface area contributed by atoms with Gasteiger partial charge in [0.2, 0.25) is 0 Å². The summed E-state index contributed by atoms with van der Waals surface area (Å²) in [6, 6.07) is 2.57. The zero-order chi connectivity index (χ0) is 12.1. The second-order valence-electron chi connectivity index (χ2n) is 2.80. The van der Waals surface area contributed by atoms with Gasteiger partial charge in [0.15, 0.2) is 5.69 Å². The third-order valence-corrected chi connectivity index (χ3v) is 1.75. The molecule has 1 aromatic heterocycles. The molecule has 0 aromatic carbocycles. The molecular formula is C10H8F2N2O2. The Hall–Kier alpha value is -2.03. The Morgan fingerprint density at radius 2 is 2.38 bits per heavy atom. The van der Waals surface area contributed by atoms with E-state index in [0.717, 1.165) is 12.3 Å². The summed E-state index contributed by atoms with van der Waals surface area (Å²) in [5.41, 5.74) is -0.852. The van der Waals surface area contributed by atoms with E-state index in [0.29, 0.717) is 0 Å². The summed E-state index contributed by atoms with van der Waals surface area (Å²) in [6.45, 7) is 1.72. The average molecular weight is 226 g/mol. The molecule has 0 unspecified atom stereocenters. The molecule has 0 spiro atoms. The molecule has 1 aromatic rings. The summed E-state index contributed by atoms with van der Waals surface area (Å²) >= 11 is 0. The van der Waals surface area contributed by atoms with Crippen molar-refractivity contribution in [1.82, 2.24) is 4.98 Å². The highest BCUT2D eigenvalue weighted by Gasteiger charge is 2.17. The van der Waals surface area contributed by atoms with Gasteiger partial charge in [0.05, 0.1) is 12.2 Å². The van der Waals surface area contributed by atoms with Crippen LogP contribution in [0.1, 0.15) is 35.0 Å². The van der Waals surface area contributed by atoms with Crippen LogP contribution in [0.2, 0.25) is 0 Å². The lowest BCUT2D eigenvalue weighted by Gasteiger charge is -2.04. The van der Waals surface area contributed by atoms with Crippen molar-refractivity contribution in [2.45, 2.75) is 13.3 Å². The highest BCUT2D eigenvalue weighted by Crippen LogP contribution is 2.20. The number of hydrogen-bond acceptors (Lipinski definition) is 4. The van der Waals surface area contributed by atoms with Gasteiger partial charge in [-0.25, -0.2) is 18.6 Å². The van der Waals surface area contributed by atoms with Crippen LogP contribution in [0, 0.1) is 11.3 Å². The van der Waals surface area contributed by atoms with Gasteiger partial charge in [-0.3, -0.25) is 0 Å². The number of ether oxygens (including phenoxy) is 1. The molecule has 0 N–H and O–H groups in total. The third-order valence-electron chi connectivity index (χ3n) is 1.75. The maximum atomic E-state index is 12.3. The first kappa shape index (κ1) is 12.0. The summed E-state index contributed by atoms with van der Waals surface area (Å²) in [4.78, 5) is 14.8. The number of alkyl halides is 2. The van der Waals surface area contributed by atoms with Crippen LogP contribution < -0.4 is 0 Å². The van der Waals surface area contributed by atoms with Crippen molar-refractivity contribution < 1.29 is 18.3 Å². The summed E-state index contributed by atoms with van der Waals surface area (Å²) in [7, 11) is 0. The summed E-state index contributed by atoms with van der Waals surface area (Å²) < 4.78 is 29.2. The number of carbonyl (C=O) groups is 1. The highest BCUT2D eigenvalue weighted by molar-refractivity contribution is 5.90. The van der Waals surface area contributed by atoms with Crippen LogP contribution in [0.15, 0.2) is 12.3 Å². The van der Waals surface area contributed by atoms with Gasteiger partial charge in [0.1, 0.15) is 6.07 Å². The van der Waals surface area contributed by atoms with E-state index in [1.807, 2.05) is 0 Å². The molecule has 0 saturated heterocycles. The van der Waals surface area contributed by atoms with Crippen molar-refractivity contribution in [3.63, 3.8) is 0 Å². The van der Waals surface area contributed by atoms with E-state index in [-0.39, 0.29) is 17.9 Å². The van der Waals surface area contributed by atoms with E-state index < -0.39 is 18.0 Å². The van der Waals surface area contributed by atoms with Crippen LogP contribution in [0.3, 0.4) is 0 Å². The number of carbonyl (C=O) groups excluding carboxylic acids is 1. The standard InChI is InChI=1S/C10H8F2N2O2/c1-2-16-10(15)8-6(4-13)3-7(5-14-8)9(11)12/h3,5,9H,2H2,1H3. The molecule has 4 nitrogen and oxygen atoms in total. The molecule has 1 heterocycles. The predicted molar refractivity (Wildman–Crippen MR) is 49.9 cm³/mol. The van der Waals surface area contributed by atoms with Gasteiger partial charge >= 0.3 is 5.97 Å². The summed E-state index contributed by atoms with van der Waals surface area (Å²) in [6.07, 6.45) is -1.87. The van der Waals surface area contributed by atoms with E-state index in [4.69, 9.17) is 5.26 Å². The van der Waals surface area contributed by atoms with Crippen LogP contribution in [0.4, 0.5) is 8.78 Å². The fourth-order valence-corrected chi connectivity index (χ4v) is 1.05. The van der Waals surface area contributed by atoms with Crippen molar-refractivity contribution in [3.05, 3.63) is 29.1 Å².